The number of ether oxygens (including phenoxy) is 1. The van der Waals surface area contributed by atoms with Crippen molar-refractivity contribution < 1.29 is 14.1 Å². The Morgan fingerprint density at radius 3 is 3.04 bits per heavy atom. The van der Waals surface area contributed by atoms with E-state index in [4.69, 9.17) is 9.26 Å². The lowest BCUT2D eigenvalue weighted by Crippen LogP contribution is -2.27. The van der Waals surface area contributed by atoms with E-state index < -0.39 is 0 Å². The Kier molecular flexibility index (Phi) is 4.20. The summed E-state index contributed by atoms with van der Waals surface area (Å²) in [5.74, 6) is 0.321. The van der Waals surface area contributed by atoms with Crippen LogP contribution < -0.4 is 10.6 Å². The van der Waals surface area contributed by atoms with E-state index in [0.717, 1.165) is 49.0 Å². The number of fused-ring (bicyclic) bond motifs is 1. The van der Waals surface area contributed by atoms with E-state index in [1.54, 1.807) is 7.11 Å². The Morgan fingerprint density at radius 2 is 2.33 bits per heavy atom. The number of amides is 1. The molecule has 0 bridgehead atoms. The number of nitrogens with zero attached hydrogens (tertiary/aromatic N) is 2. The topological polar surface area (TPSA) is 89.3 Å². The second kappa shape index (κ2) is 6.49. The zero-order valence-corrected chi connectivity index (χ0v) is 13.8. The molecule has 1 unspecified atom stereocenters. The molecule has 1 aliphatic heterocycles. The van der Waals surface area contributed by atoms with Gasteiger partial charge >= 0.3 is 0 Å². The fourth-order valence-electron chi connectivity index (χ4n) is 3.28. The SMILES string of the molecule is COCCNC(=O)c1cc(C2CC2)nc2onc(C3CCCN3)c12. The van der Waals surface area contributed by atoms with Crippen molar-refractivity contribution in [3.8, 4) is 0 Å². The van der Waals surface area contributed by atoms with Gasteiger partial charge in [0, 0.05) is 25.3 Å². The Balaban J connectivity index is 1.74. The maximum Gasteiger partial charge on any atom is 0.259 e. The Labute approximate surface area is 140 Å². The minimum absolute atomic E-state index is 0.121. The quantitative estimate of drug-likeness (QED) is 0.786. The summed E-state index contributed by atoms with van der Waals surface area (Å²) >= 11 is 0. The van der Waals surface area contributed by atoms with Crippen LogP contribution in [0.3, 0.4) is 0 Å². The lowest BCUT2D eigenvalue weighted by Gasteiger charge is -2.10. The second-order valence-electron chi connectivity index (χ2n) is 6.51. The summed E-state index contributed by atoms with van der Waals surface area (Å²) in [6.45, 7) is 1.91. The number of hydrogen-bond acceptors (Lipinski definition) is 6. The third kappa shape index (κ3) is 2.89. The van der Waals surface area contributed by atoms with E-state index in [1.807, 2.05) is 6.07 Å². The molecule has 4 rings (SSSR count). The normalized spacial score (nSPS) is 20.6. The van der Waals surface area contributed by atoms with Crippen molar-refractivity contribution in [2.45, 2.75) is 37.6 Å². The average molecular weight is 330 g/mol. The summed E-state index contributed by atoms with van der Waals surface area (Å²) in [6.07, 6.45) is 4.33. The summed E-state index contributed by atoms with van der Waals surface area (Å²) < 4.78 is 10.5. The lowest BCUT2D eigenvalue weighted by atomic mass is 10.0. The first-order valence-electron chi connectivity index (χ1n) is 8.58. The predicted molar refractivity (Wildman–Crippen MR) is 88.0 cm³/mol. The molecule has 24 heavy (non-hydrogen) atoms. The van der Waals surface area contributed by atoms with Gasteiger partial charge in [-0.1, -0.05) is 5.16 Å². The van der Waals surface area contributed by atoms with Gasteiger partial charge in [-0.05, 0) is 38.3 Å². The number of carbonyl (C=O) groups excluding carboxylic acids is 1. The van der Waals surface area contributed by atoms with Crippen LogP contribution >= 0.6 is 0 Å². The fraction of sp³-hybridized carbons (Fsp3) is 0.588. The standard InChI is InChI=1S/C17H22N4O3/c1-23-8-7-19-16(22)11-9-13(10-4-5-10)20-17-14(11)15(21-24-17)12-3-2-6-18-12/h9-10,12,18H,2-8H2,1H3,(H,19,22). The monoisotopic (exact) mass is 330 g/mol. The molecule has 1 saturated heterocycles. The van der Waals surface area contributed by atoms with Crippen LogP contribution in [-0.4, -0.2) is 42.9 Å². The van der Waals surface area contributed by atoms with Gasteiger partial charge in [-0.2, -0.15) is 0 Å². The molecule has 7 nitrogen and oxygen atoms in total. The number of methoxy groups -OCH3 is 1. The molecule has 2 fully saturated rings. The van der Waals surface area contributed by atoms with E-state index in [-0.39, 0.29) is 11.9 Å². The molecule has 1 atom stereocenters. The molecule has 7 heteroatoms. The zero-order valence-electron chi connectivity index (χ0n) is 13.8. The Morgan fingerprint density at radius 1 is 1.46 bits per heavy atom. The number of pyridine rings is 1. The third-order valence-corrected chi connectivity index (χ3v) is 4.72. The van der Waals surface area contributed by atoms with Gasteiger partial charge < -0.3 is 19.9 Å². The fourth-order valence-corrected chi connectivity index (χ4v) is 3.28. The molecule has 1 saturated carbocycles. The predicted octanol–water partition coefficient (Wildman–Crippen LogP) is 1.90. The van der Waals surface area contributed by atoms with Crippen LogP contribution in [0.1, 0.15) is 59.4 Å². The van der Waals surface area contributed by atoms with Crippen LogP contribution in [-0.2, 0) is 4.74 Å². The maximum absolute atomic E-state index is 12.7. The smallest absolute Gasteiger partial charge is 0.259 e. The molecule has 0 radical (unpaired) electrons. The van der Waals surface area contributed by atoms with E-state index in [0.29, 0.717) is 30.3 Å². The summed E-state index contributed by atoms with van der Waals surface area (Å²) in [7, 11) is 1.62. The highest BCUT2D eigenvalue weighted by Gasteiger charge is 2.31. The first-order chi connectivity index (χ1) is 11.8. The van der Waals surface area contributed by atoms with E-state index in [9.17, 15) is 4.79 Å². The van der Waals surface area contributed by atoms with Crippen LogP contribution in [0.4, 0.5) is 0 Å². The molecular weight excluding hydrogens is 308 g/mol. The van der Waals surface area contributed by atoms with Crippen LogP contribution in [0, 0.1) is 0 Å². The molecule has 0 aromatic carbocycles. The van der Waals surface area contributed by atoms with Gasteiger partial charge in [-0.25, -0.2) is 4.98 Å². The molecule has 2 aliphatic rings. The first-order valence-corrected chi connectivity index (χ1v) is 8.58. The third-order valence-electron chi connectivity index (χ3n) is 4.72. The van der Waals surface area contributed by atoms with Crippen molar-refractivity contribution in [3.05, 3.63) is 23.0 Å². The van der Waals surface area contributed by atoms with Gasteiger partial charge in [0.15, 0.2) is 0 Å². The number of carbonyl (C=O) groups is 1. The largest absolute Gasteiger partial charge is 0.383 e. The summed E-state index contributed by atoms with van der Waals surface area (Å²) in [6, 6.07) is 2.04. The minimum Gasteiger partial charge on any atom is -0.383 e. The maximum atomic E-state index is 12.7. The highest BCUT2D eigenvalue weighted by molar-refractivity contribution is 6.06. The molecule has 1 aliphatic carbocycles. The van der Waals surface area contributed by atoms with Crippen LogP contribution in [0.5, 0.6) is 0 Å². The van der Waals surface area contributed by atoms with E-state index in [2.05, 4.69) is 20.8 Å². The van der Waals surface area contributed by atoms with Crippen molar-refractivity contribution in [1.82, 2.24) is 20.8 Å². The van der Waals surface area contributed by atoms with Gasteiger partial charge in [-0.3, -0.25) is 4.79 Å². The molecular formula is C17H22N4O3. The lowest BCUT2D eigenvalue weighted by molar-refractivity contribution is 0.0938. The van der Waals surface area contributed by atoms with Gasteiger partial charge in [0.2, 0.25) is 0 Å². The molecule has 2 aromatic heterocycles. The number of nitrogens with one attached hydrogen (secondary N) is 2. The summed E-state index contributed by atoms with van der Waals surface area (Å²) in [5, 5.41) is 11.3. The van der Waals surface area contributed by atoms with Crippen LogP contribution in [0.2, 0.25) is 0 Å². The zero-order chi connectivity index (χ0) is 16.5. The average Bonchev–Trinajstić information content (AvgIpc) is 3.13. The van der Waals surface area contributed by atoms with Crippen molar-refractivity contribution >= 4 is 17.0 Å². The van der Waals surface area contributed by atoms with Crippen molar-refractivity contribution in [2.24, 2.45) is 0 Å². The van der Waals surface area contributed by atoms with Gasteiger partial charge in [0.05, 0.1) is 23.6 Å². The van der Waals surface area contributed by atoms with Gasteiger partial charge in [-0.15, -0.1) is 0 Å². The summed E-state index contributed by atoms with van der Waals surface area (Å²) in [4.78, 5) is 17.3. The molecule has 0 spiro atoms. The molecule has 2 aromatic rings. The highest BCUT2D eigenvalue weighted by atomic mass is 16.5. The molecule has 128 valence electrons. The van der Waals surface area contributed by atoms with Crippen molar-refractivity contribution in [3.63, 3.8) is 0 Å². The van der Waals surface area contributed by atoms with Crippen LogP contribution in [0.15, 0.2) is 10.6 Å². The van der Waals surface area contributed by atoms with E-state index in [1.165, 1.54) is 0 Å². The number of rotatable bonds is 6. The number of hydrogen-bond donors (Lipinski definition) is 2. The Hall–Kier alpha value is -1.99. The summed E-state index contributed by atoms with van der Waals surface area (Å²) in [5.41, 5.74) is 2.82. The van der Waals surface area contributed by atoms with Gasteiger partial charge in [0.1, 0.15) is 5.69 Å². The minimum atomic E-state index is -0.121. The number of aromatic nitrogens is 2. The van der Waals surface area contributed by atoms with Crippen molar-refractivity contribution in [1.29, 1.82) is 0 Å². The van der Waals surface area contributed by atoms with Gasteiger partial charge in [0.25, 0.3) is 11.6 Å². The highest BCUT2D eigenvalue weighted by Crippen LogP contribution is 2.41. The second-order valence-corrected chi connectivity index (χ2v) is 6.51. The van der Waals surface area contributed by atoms with Crippen molar-refractivity contribution in [2.75, 3.05) is 26.8 Å². The van der Waals surface area contributed by atoms with Crippen LogP contribution in [0.25, 0.3) is 11.1 Å². The van der Waals surface area contributed by atoms with E-state index >= 15 is 0 Å². The Bertz CT molecular complexity index is 748. The molecule has 3 heterocycles. The first kappa shape index (κ1) is 15.5. The molecule has 2 N–H and O–H groups in total. The molecule has 1 amide bonds.